The molecule has 0 aromatic heterocycles. The molecule has 0 bridgehead atoms. The molecule has 6 atom stereocenters. The highest BCUT2D eigenvalue weighted by atomic mass is 16.7. The maximum absolute atomic E-state index is 12.0. The van der Waals surface area contributed by atoms with Crippen molar-refractivity contribution in [3.05, 3.63) is 47.5 Å². The van der Waals surface area contributed by atoms with Crippen LogP contribution in [-0.2, 0) is 14.2 Å². The fourth-order valence-corrected chi connectivity index (χ4v) is 6.73. The van der Waals surface area contributed by atoms with Gasteiger partial charge in [0.25, 0.3) is 0 Å². The van der Waals surface area contributed by atoms with Crippen molar-refractivity contribution in [1.82, 2.24) is 0 Å². The molecule has 5 heterocycles. The molecule has 3 aromatic carbocycles. The molecule has 1 N–H and O–H groups in total. The van der Waals surface area contributed by atoms with Gasteiger partial charge in [-0.05, 0) is 18.2 Å². The van der Waals surface area contributed by atoms with E-state index in [9.17, 15) is 5.11 Å². The molecule has 250 valence electrons. The number of hydrogen-bond acceptors (Lipinski definition) is 14. The summed E-state index contributed by atoms with van der Waals surface area (Å²) in [5, 5.41) is 12.0. The predicted octanol–water partition coefficient (Wildman–Crippen LogP) is 3.55. The first-order valence-corrected chi connectivity index (χ1v) is 15.1. The third-order valence-electron chi connectivity index (χ3n) is 9.05. The number of methoxy groups -OCH3 is 4. The minimum atomic E-state index is -1.53. The Morgan fingerprint density at radius 3 is 2.32 bits per heavy atom. The van der Waals surface area contributed by atoms with E-state index in [-0.39, 0.29) is 44.9 Å². The van der Waals surface area contributed by atoms with Gasteiger partial charge in [0.1, 0.15) is 5.75 Å². The topological polar surface area (TPSA) is 140 Å². The van der Waals surface area contributed by atoms with Gasteiger partial charge in [-0.15, -0.1) is 0 Å². The Bertz CT molecular complexity index is 1680. The molecule has 0 saturated carbocycles. The third kappa shape index (κ3) is 4.77. The zero-order valence-electron chi connectivity index (χ0n) is 26.1. The molecule has 3 aromatic rings. The van der Waals surface area contributed by atoms with Crippen molar-refractivity contribution < 1.29 is 66.7 Å². The van der Waals surface area contributed by atoms with Crippen LogP contribution in [0.4, 0.5) is 0 Å². The summed E-state index contributed by atoms with van der Waals surface area (Å²) in [6, 6.07) is 10.9. The Morgan fingerprint density at radius 2 is 1.51 bits per heavy atom. The minimum absolute atomic E-state index is 0.0302. The summed E-state index contributed by atoms with van der Waals surface area (Å²) in [6.45, 7) is 0.531. The molecule has 14 nitrogen and oxygen atoms in total. The van der Waals surface area contributed by atoms with Crippen LogP contribution in [0.2, 0.25) is 0 Å². The molecule has 0 aliphatic carbocycles. The van der Waals surface area contributed by atoms with Gasteiger partial charge >= 0.3 is 0 Å². The molecule has 14 heteroatoms. The highest BCUT2D eigenvalue weighted by molar-refractivity contribution is 5.66. The molecular formula is C33H34O14. The lowest BCUT2D eigenvalue weighted by atomic mass is 9.85. The molecule has 0 spiro atoms. The van der Waals surface area contributed by atoms with Crippen LogP contribution in [0.3, 0.4) is 0 Å². The fourth-order valence-electron chi connectivity index (χ4n) is 6.73. The van der Waals surface area contributed by atoms with Gasteiger partial charge in [-0.1, -0.05) is 6.07 Å². The Labute approximate surface area is 269 Å². The van der Waals surface area contributed by atoms with E-state index in [1.807, 2.05) is 24.3 Å². The Morgan fingerprint density at radius 1 is 0.745 bits per heavy atom. The van der Waals surface area contributed by atoms with E-state index in [1.54, 1.807) is 26.4 Å². The first-order chi connectivity index (χ1) is 22.9. The molecule has 2 fully saturated rings. The van der Waals surface area contributed by atoms with E-state index in [0.29, 0.717) is 51.6 Å². The van der Waals surface area contributed by atoms with Crippen molar-refractivity contribution >= 4 is 0 Å². The van der Waals surface area contributed by atoms with Gasteiger partial charge in [-0.3, -0.25) is 0 Å². The van der Waals surface area contributed by atoms with Gasteiger partial charge in [0.05, 0.1) is 53.2 Å². The summed E-state index contributed by atoms with van der Waals surface area (Å²) in [4.78, 5) is 0. The second kappa shape index (κ2) is 11.6. The summed E-state index contributed by atoms with van der Waals surface area (Å²) in [7, 11) is 6.14. The lowest BCUT2D eigenvalue weighted by Gasteiger charge is -2.35. The first kappa shape index (κ1) is 29.9. The van der Waals surface area contributed by atoms with Gasteiger partial charge in [-0.2, -0.15) is 0 Å². The summed E-state index contributed by atoms with van der Waals surface area (Å²) in [5.74, 6) is 3.90. The molecule has 47 heavy (non-hydrogen) atoms. The van der Waals surface area contributed by atoms with Crippen molar-refractivity contribution in [3.8, 4) is 57.5 Å². The van der Waals surface area contributed by atoms with Crippen LogP contribution in [-0.4, -0.2) is 84.9 Å². The predicted molar refractivity (Wildman–Crippen MR) is 158 cm³/mol. The summed E-state index contributed by atoms with van der Waals surface area (Å²) >= 11 is 0. The molecule has 0 amide bonds. The molecule has 0 radical (unpaired) electrons. The number of hydrogen-bond donors (Lipinski definition) is 1. The molecule has 5 aliphatic rings. The average molecular weight is 655 g/mol. The number of aliphatic hydroxyl groups is 1. The maximum Gasteiger partial charge on any atom is 0.232 e. The normalized spacial score (nSPS) is 27.8. The maximum atomic E-state index is 12.0. The smallest absolute Gasteiger partial charge is 0.232 e. The summed E-state index contributed by atoms with van der Waals surface area (Å²) in [5.41, 5.74) is -0.0201. The van der Waals surface area contributed by atoms with E-state index < -0.39 is 36.1 Å². The minimum Gasteiger partial charge on any atom is -0.496 e. The number of ether oxygens (including phenoxy) is 13. The van der Waals surface area contributed by atoms with Crippen molar-refractivity contribution in [2.24, 2.45) is 5.92 Å². The Balaban J connectivity index is 1.07. The van der Waals surface area contributed by atoms with Gasteiger partial charge in [0, 0.05) is 30.4 Å². The monoisotopic (exact) mass is 654 g/mol. The second-order valence-electron chi connectivity index (χ2n) is 11.6. The van der Waals surface area contributed by atoms with Gasteiger partial charge < -0.3 is 66.7 Å². The van der Waals surface area contributed by atoms with E-state index in [2.05, 4.69) is 0 Å². The SMILES string of the molecule is COCC1Oc2cc(C3OCC4(O)C(Oc5c(OC)cc6c(c5OC)OCO6)OCC34)c(OC)cc2OC1c1ccc2c(c1)OCO2. The second-order valence-corrected chi connectivity index (χ2v) is 11.6. The van der Waals surface area contributed by atoms with Crippen LogP contribution in [0, 0.1) is 5.92 Å². The standard InChI is InChI=1S/C33H34O14/c1-35-12-26-27(16-5-6-19-21(7-16)42-14-41-19)46-23-9-20(36-2)17(8-22(23)45-26)28-18-11-39-32(33(18,34)13-40-28)47-30-24(37-3)10-25-29(31(30)38-4)44-15-43-25/h5-10,18,26-28,32,34H,11-15H2,1-4H3. The lowest BCUT2D eigenvalue weighted by molar-refractivity contribution is -0.153. The fraction of sp³-hybridized carbons (Fsp3) is 0.455. The summed E-state index contributed by atoms with van der Waals surface area (Å²) < 4.78 is 76.2. The Kier molecular flexibility index (Phi) is 7.39. The van der Waals surface area contributed by atoms with Crippen LogP contribution in [0.15, 0.2) is 36.4 Å². The quantitative estimate of drug-likeness (QED) is 0.360. The first-order valence-electron chi connectivity index (χ1n) is 15.1. The number of benzene rings is 3. The van der Waals surface area contributed by atoms with E-state index in [1.165, 1.54) is 14.2 Å². The van der Waals surface area contributed by atoms with Crippen molar-refractivity contribution in [2.75, 3.05) is 61.8 Å². The highest BCUT2D eigenvalue weighted by Gasteiger charge is 2.61. The van der Waals surface area contributed by atoms with Crippen molar-refractivity contribution in [2.45, 2.75) is 30.2 Å². The molecule has 6 unspecified atom stereocenters. The molecule has 8 rings (SSSR count). The van der Waals surface area contributed by atoms with Gasteiger partial charge in [0.15, 0.2) is 52.3 Å². The van der Waals surface area contributed by atoms with E-state index in [4.69, 9.17) is 61.6 Å². The van der Waals surface area contributed by atoms with Crippen LogP contribution >= 0.6 is 0 Å². The van der Waals surface area contributed by atoms with E-state index in [0.717, 1.165) is 5.56 Å². The number of fused-ring (bicyclic) bond motifs is 4. The lowest BCUT2D eigenvalue weighted by Crippen LogP contribution is -2.47. The largest absolute Gasteiger partial charge is 0.496 e. The zero-order chi connectivity index (χ0) is 32.3. The van der Waals surface area contributed by atoms with Crippen LogP contribution in [0.5, 0.6) is 57.5 Å². The molecule has 5 aliphatic heterocycles. The molecule has 2 saturated heterocycles. The van der Waals surface area contributed by atoms with Gasteiger partial charge in [-0.25, -0.2) is 0 Å². The van der Waals surface area contributed by atoms with Crippen LogP contribution in [0.1, 0.15) is 23.3 Å². The van der Waals surface area contributed by atoms with Gasteiger partial charge in [0.2, 0.25) is 37.1 Å². The molecular weight excluding hydrogens is 620 g/mol. The Hall–Kier alpha value is -4.50. The zero-order valence-corrected chi connectivity index (χ0v) is 26.1. The van der Waals surface area contributed by atoms with Crippen molar-refractivity contribution in [1.29, 1.82) is 0 Å². The van der Waals surface area contributed by atoms with Crippen molar-refractivity contribution in [3.63, 3.8) is 0 Å². The average Bonchev–Trinajstić information content (AvgIpc) is 3.88. The van der Waals surface area contributed by atoms with E-state index >= 15 is 0 Å². The van der Waals surface area contributed by atoms with Crippen LogP contribution < -0.4 is 47.4 Å². The third-order valence-corrected chi connectivity index (χ3v) is 9.05. The highest BCUT2D eigenvalue weighted by Crippen LogP contribution is 2.56. The van der Waals surface area contributed by atoms with Crippen LogP contribution in [0.25, 0.3) is 0 Å². The summed E-state index contributed by atoms with van der Waals surface area (Å²) in [6.07, 6.45) is -2.70. The number of rotatable bonds is 9.